The summed E-state index contributed by atoms with van der Waals surface area (Å²) in [5, 5.41) is 0.0543. The minimum absolute atomic E-state index is 0.0543. The van der Waals surface area contributed by atoms with Gasteiger partial charge in [0.1, 0.15) is 11.5 Å². The molecule has 1 aromatic carbocycles. The molecule has 0 bridgehead atoms. The molecule has 0 amide bonds. The van der Waals surface area contributed by atoms with Gasteiger partial charge in [0, 0.05) is 12.5 Å². The highest BCUT2D eigenvalue weighted by atomic mass is 35.5. The molecule has 0 spiro atoms. The molecule has 1 aliphatic carbocycles. The van der Waals surface area contributed by atoms with Gasteiger partial charge in [0.2, 0.25) is 0 Å². The highest BCUT2D eigenvalue weighted by Gasteiger charge is 2.34. The summed E-state index contributed by atoms with van der Waals surface area (Å²) >= 11 is 5.68. The van der Waals surface area contributed by atoms with Gasteiger partial charge in [-0.15, -0.1) is 0 Å². The molecule has 2 N–H and O–H groups in total. The lowest BCUT2D eigenvalue weighted by Crippen LogP contribution is -2.37. The molecular weight excluding hydrogens is 244 g/mol. The zero-order chi connectivity index (χ0) is 12.5. The number of hydrogen-bond donors (Lipinski definition) is 1. The zero-order valence-electron chi connectivity index (χ0n) is 9.56. The number of alkyl halides is 1. The van der Waals surface area contributed by atoms with Crippen LogP contribution in [0, 0.1) is 5.82 Å². The Morgan fingerprint density at radius 1 is 1.35 bits per heavy atom. The van der Waals surface area contributed by atoms with Gasteiger partial charge in [0.15, 0.2) is 0 Å². The van der Waals surface area contributed by atoms with Gasteiger partial charge in [-0.25, -0.2) is 8.78 Å². The van der Waals surface area contributed by atoms with E-state index in [-0.39, 0.29) is 11.1 Å². The molecule has 2 rings (SSSR count). The average molecular weight is 260 g/mol. The van der Waals surface area contributed by atoms with Crippen LogP contribution in [0.1, 0.15) is 31.2 Å². The van der Waals surface area contributed by atoms with Crippen molar-refractivity contribution in [3.63, 3.8) is 0 Å². The van der Waals surface area contributed by atoms with Crippen molar-refractivity contribution in [1.29, 1.82) is 0 Å². The Bertz CT molecular complexity index is 400. The summed E-state index contributed by atoms with van der Waals surface area (Å²) < 4.78 is 27.5. The van der Waals surface area contributed by atoms with Crippen LogP contribution in [-0.2, 0) is 6.42 Å². The number of rotatable bonds is 2. The van der Waals surface area contributed by atoms with Crippen LogP contribution < -0.4 is 5.73 Å². The molecule has 0 saturated heterocycles. The fourth-order valence-corrected chi connectivity index (χ4v) is 2.55. The van der Waals surface area contributed by atoms with Crippen LogP contribution in [0.15, 0.2) is 18.2 Å². The van der Waals surface area contributed by atoms with Crippen molar-refractivity contribution in [2.75, 3.05) is 0 Å². The molecule has 1 saturated carbocycles. The lowest BCUT2D eigenvalue weighted by atomic mass is 9.80. The molecule has 0 aliphatic heterocycles. The Balaban J connectivity index is 2.07. The summed E-state index contributed by atoms with van der Waals surface area (Å²) in [6.07, 6.45) is 2.67. The number of benzene rings is 1. The molecule has 0 radical (unpaired) electrons. The van der Waals surface area contributed by atoms with Crippen LogP contribution in [-0.4, -0.2) is 11.7 Å². The fraction of sp³-hybridized carbons (Fsp3) is 0.538. The summed E-state index contributed by atoms with van der Waals surface area (Å²) in [4.78, 5) is 0. The smallest absolute Gasteiger partial charge is 0.141 e. The number of hydrogen-bond acceptors (Lipinski definition) is 1. The average Bonchev–Trinajstić information content (AvgIpc) is 2.28. The number of nitrogens with two attached hydrogens (primary N) is 1. The molecular formula is C13H16ClF2N. The van der Waals surface area contributed by atoms with Crippen molar-refractivity contribution >= 4 is 11.6 Å². The van der Waals surface area contributed by atoms with Crippen molar-refractivity contribution in [2.45, 2.75) is 43.8 Å². The van der Waals surface area contributed by atoms with Crippen LogP contribution in [0.5, 0.6) is 0 Å². The first-order chi connectivity index (χ1) is 7.98. The van der Waals surface area contributed by atoms with Crippen LogP contribution in [0.4, 0.5) is 8.78 Å². The predicted molar refractivity (Wildman–Crippen MR) is 65.4 cm³/mol. The third-order valence-electron chi connectivity index (χ3n) is 3.43. The Hall–Kier alpha value is -0.670. The second kappa shape index (κ2) is 4.91. The van der Waals surface area contributed by atoms with E-state index in [1.165, 1.54) is 12.1 Å². The Morgan fingerprint density at radius 2 is 2.00 bits per heavy atom. The van der Waals surface area contributed by atoms with Crippen LogP contribution >= 0.6 is 11.6 Å². The lowest BCUT2D eigenvalue weighted by molar-refractivity contribution is 0.0995. The molecule has 1 aromatic rings. The topological polar surface area (TPSA) is 26.0 Å². The van der Waals surface area contributed by atoms with Crippen molar-refractivity contribution in [1.82, 2.24) is 0 Å². The predicted octanol–water partition coefficient (Wildman–Crippen LogP) is 3.63. The maximum absolute atomic E-state index is 14.5. The second-order valence-corrected chi connectivity index (χ2v) is 5.32. The first-order valence-corrected chi connectivity index (χ1v) is 6.25. The van der Waals surface area contributed by atoms with Gasteiger partial charge >= 0.3 is 0 Å². The fourth-order valence-electron chi connectivity index (χ4n) is 2.35. The molecule has 0 unspecified atom stereocenters. The summed E-state index contributed by atoms with van der Waals surface area (Å²) in [5.41, 5.74) is 5.29. The van der Waals surface area contributed by atoms with E-state index in [9.17, 15) is 8.78 Å². The first kappa shape index (κ1) is 12.8. The van der Waals surface area contributed by atoms with Crippen LogP contribution in [0.3, 0.4) is 0 Å². The SMILES string of the molecule is NC1CCC(F)(Cc2ccc(F)c(Cl)c2)CC1. The largest absolute Gasteiger partial charge is 0.328 e. The summed E-state index contributed by atoms with van der Waals surface area (Å²) in [5.74, 6) is -0.464. The second-order valence-electron chi connectivity index (χ2n) is 4.91. The standard InChI is InChI=1S/C13H16ClF2N/c14-11-7-9(1-2-12(11)15)8-13(16)5-3-10(17)4-6-13/h1-2,7,10H,3-6,8,17H2. The Morgan fingerprint density at radius 3 is 2.59 bits per heavy atom. The Kier molecular flexibility index (Phi) is 3.69. The summed E-state index contributed by atoms with van der Waals surface area (Å²) in [6.45, 7) is 0. The highest BCUT2D eigenvalue weighted by Crippen LogP contribution is 2.35. The minimum Gasteiger partial charge on any atom is -0.328 e. The third kappa shape index (κ3) is 3.17. The van der Waals surface area contributed by atoms with E-state index in [4.69, 9.17) is 17.3 Å². The molecule has 17 heavy (non-hydrogen) atoms. The van der Waals surface area contributed by atoms with Crippen LogP contribution in [0.2, 0.25) is 5.02 Å². The molecule has 0 atom stereocenters. The van der Waals surface area contributed by atoms with E-state index in [0.29, 0.717) is 32.1 Å². The van der Waals surface area contributed by atoms with Gasteiger partial charge in [0.05, 0.1) is 5.02 Å². The number of halogens is 3. The van der Waals surface area contributed by atoms with Gasteiger partial charge in [-0.2, -0.15) is 0 Å². The van der Waals surface area contributed by atoms with E-state index >= 15 is 0 Å². The zero-order valence-corrected chi connectivity index (χ0v) is 10.3. The normalized spacial score (nSPS) is 29.3. The van der Waals surface area contributed by atoms with E-state index in [0.717, 1.165) is 5.56 Å². The molecule has 4 heteroatoms. The quantitative estimate of drug-likeness (QED) is 0.862. The monoisotopic (exact) mass is 259 g/mol. The van der Waals surface area contributed by atoms with Crippen molar-refractivity contribution in [3.05, 3.63) is 34.6 Å². The minimum atomic E-state index is -1.21. The van der Waals surface area contributed by atoms with E-state index < -0.39 is 11.5 Å². The summed E-state index contributed by atoms with van der Waals surface area (Å²) in [6, 6.07) is 4.51. The molecule has 1 aliphatic rings. The third-order valence-corrected chi connectivity index (χ3v) is 3.72. The maximum Gasteiger partial charge on any atom is 0.141 e. The molecule has 94 valence electrons. The van der Waals surface area contributed by atoms with Crippen molar-refractivity contribution in [3.8, 4) is 0 Å². The van der Waals surface area contributed by atoms with E-state index in [1.807, 2.05) is 0 Å². The highest BCUT2D eigenvalue weighted by molar-refractivity contribution is 6.30. The van der Waals surface area contributed by atoms with Crippen LogP contribution in [0.25, 0.3) is 0 Å². The van der Waals surface area contributed by atoms with Crippen molar-refractivity contribution < 1.29 is 8.78 Å². The van der Waals surface area contributed by atoms with Crippen molar-refractivity contribution in [2.24, 2.45) is 5.73 Å². The van der Waals surface area contributed by atoms with Gasteiger partial charge in [-0.3, -0.25) is 0 Å². The Labute approximate surface area is 105 Å². The molecule has 1 fully saturated rings. The van der Waals surface area contributed by atoms with Gasteiger partial charge in [0.25, 0.3) is 0 Å². The molecule has 1 nitrogen and oxygen atoms in total. The molecule has 0 heterocycles. The van der Waals surface area contributed by atoms with Gasteiger partial charge in [-0.05, 0) is 43.4 Å². The van der Waals surface area contributed by atoms with Gasteiger partial charge < -0.3 is 5.73 Å². The lowest BCUT2D eigenvalue weighted by Gasteiger charge is -2.32. The molecule has 0 aromatic heterocycles. The van der Waals surface area contributed by atoms with E-state index in [1.54, 1.807) is 6.07 Å². The first-order valence-electron chi connectivity index (χ1n) is 5.87. The maximum atomic E-state index is 14.5. The van der Waals surface area contributed by atoms with E-state index in [2.05, 4.69) is 0 Å². The van der Waals surface area contributed by atoms with Gasteiger partial charge in [-0.1, -0.05) is 17.7 Å². The summed E-state index contributed by atoms with van der Waals surface area (Å²) in [7, 11) is 0.